The lowest BCUT2D eigenvalue weighted by Crippen LogP contribution is -2.57. The summed E-state index contributed by atoms with van der Waals surface area (Å²) in [7, 11) is 0. The Morgan fingerprint density at radius 1 is 1.35 bits per heavy atom. The summed E-state index contributed by atoms with van der Waals surface area (Å²) in [5.74, 6) is -4.68. The van der Waals surface area contributed by atoms with Crippen molar-refractivity contribution in [1.29, 1.82) is 0 Å². The summed E-state index contributed by atoms with van der Waals surface area (Å²) in [5, 5.41) is 17.4. The van der Waals surface area contributed by atoms with E-state index in [2.05, 4.69) is 10.4 Å². The number of amides is 2. The standard InChI is InChI=1S/C20H23F2N5O4/c1-11(2)8-26-17-12(3-6-14(28)25-9-20(21,22)10-25)7-23-27(17)19(31)15(18(26)30)16(29)24-13-4-5-13/h3,6-7,11,13,31H,4-5,8-10H2,1-2H3,(H,24,29). The Labute approximate surface area is 175 Å². The van der Waals surface area contributed by atoms with Crippen LogP contribution in [0.2, 0.25) is 0 Å². The van der Waals surface area contributed by atoms with Gasteiger partial charge >= 0.3 is 0 Å². The number of rotatable bonds is 6. The van der Waals surface area contributed by atoms with E-state index in [1.165, 1.54) is 16.8 Å². The second-order valence-electron chi connectivity index (χ2n) is 8.47. The molecule has 1 saturated carbocycles. The van der Waals surface area contributed by atoms with Gasteiger partial charge in [-0.15, -0.1) is 0 Å². The molecule has 2 amide bonds. The molecule has 0 unspecified atom stereocenters. The fraction of sp³-hybridized carbons (Fsp3) is 0.500. The highest BCUT2D eigenvalue weighted by atomic mass is 19.3. The predicted octanol–water partition coefficient (Wildman–Crippen LogP) is 1.24. The molecule has 0 radical (unpaired) electrons. The molecule has 31 heavy (non-hydrogen) atoms. The summed E-state index contributed by atoms with van der Waals surface area (Å²) >= 11 is 0. The molecule has 9 nitrogen and oxygen atoms in total. The van der Waals surface area contributed by atoms with Gasteiger partial charge in [0.05, 0.1) is 19.3 Å². The van der Waals surface area contributed by atoms with Gasteiger partial charge in [-0.3, -0.25) is 19.0 Å². The Morgan fingerprint density at radius 3 is 2.61 bits per heavy atom. The monoisotopic (exact) mass is 435 g/mol. The molecule has 11 heteroatoms. The lowest BCUT2D eigenvalue weighted by Gasteiger charge is -2.37. The number of fused-ring (bicyclic) bond motifs is 1. The number of carbonyl (C=O) groups is 2. The molecule has 1 aliphatic carbocycles. The van der Waals surface area contributed by atoms with Crippen LogP contribution >= 0.6 is 0 Å². The maximum absolute atomic E-state index is 13.1. The molecule has 2 aromatic rings. The molecule has 1 aliphatic heterocycles. The fourth-order valence-corrected chi connectivity index (χ4v) is 3.48. The summed E-state index contributed by atoms with van der Waals surface area (Å²) in [6.07, 6.45) is 5.47. The number of halogens is 2. The number of carbonyl (C=O) groups excluding carboxylic acids is 2. The third kappa shape index (κ3) is 4.04. The minimum Gasteiger partial charge on any atom is -0.492 e. The predicted molar refractivity (Wildman–Crippen MR) is 107 cm³/mol. The molecular weight excluding hydrogens is 412 g/mol. The first-order chi connectivity index (χ1) is 14.6. The number of likely N-dealkylation sites (tertiary alicyclic amines) is 1. The van der Waals surface area contributed by atoms with Crippen LogP contribution in [0, 0.1) is 5.92 Å². The van der Waals surface area contributed by atoms with Crippen molar-refractivity contribution in [2.75, 3.05) is 13.1 Å². The van der Waals surface area contributed by atoms with Crippen LogP contribution in [0.3, 0.4) is 0 Å². The van der Waals surface area contributed by atoms with E-state index in [0.717, 1.165) is 28.3 Å². The van der Waals surface area contributed by atoms with E-state index in [1.54, 1.807) is 0 Å². The average Bonchev–Trinajstić information content (AvgIpc) is 3.36. The molecule has 2 aromatic heterocycles. The van der Waals surface area contributed by atoms with Gasteiger partial charge in [0, 0.05) is 24.2 Å². The van der Waals surface area contributed by atoms with Gasteiger partial charge in [-0.1, -0.05) is 13.8 Å². The molecule has 2 aliphatic rings. The Hall–Kier alpha value is -3.24. The van der Waals surface area contributed by atoms with Crippen molar-refractivity contribution in [3.8, 4) is 5.88 Å². The van der Waals surface area contributed by atoms with E-state index in [9.17, 15) is 28.3 Å². The largest absolute Gasteiger partial charge is 0.492 e. The number of nitrogens with zero attached hydrogens (tertiary/aromatic N) is 4. The number of alkyl halides is 2. The van der Waals surface area contributed by atoms with Gasteiger partial charge in [0.1, 0.15) is 5.65 Å². The summed E-state index contributed by atoms with van der Waals surface area (Å²) in [4.78, 5) is 38.8. The molecule has 4 rings (SSSR count). The number of hydrogen-bond acceptors (Lipinski definition) is 5. The molecule has 2 N–H and O–H groups in total. The molecule has 0 spiro atoms. The van der Waals surface area contributed by atoms with Crippen LogP contribution in [0.4, 0.5) is 8.78 Å². The van der Waals surface area contributed by atoms with Crippen molar-refractivity contribution in [2.45, 2.75) is 45.2 Å². The van der Waals surface area contributed by atoms with Crippen molar-refractivity contribution in [1.82, 2.24) is 24.4 Å². The normalized spacial score (nSPS) is 18.0. The van der Waals surface area contributed by atoms with Crippen molar-refractivity contribution >= 4 is 23.5 Å². The second kappa shape index (κ2) is 7.47. The molecule has 166 valence electrons. The van der Waals surface area contributed by atoms with E-state index in [0.29, 0.717) is 5.56 Å². The topological polar surface area (TPSA) is 109 Å². The quantitative estimate of drug-likeness (QED) is 0.664. The smallest absolute Gasteiger partial charge is 0.282 e. The van der Waals surface area contributed by atoms with Crippen LogP contribution < -0.4 is 10.9 Å². The maximum atomic E-state index is 13.1. The third-order valence-electron chi connectivity index (χ3n) is 5.16. The van der Waals surface area contributed by atoms with E-state index >= 15 is 0 Å². The zero-order valence-corrected chi connectivity index (χ0v) is 17.1. The van der Waals surface area contributed by atoms with Gasteiger partial charge < -0.3 is 15.3 Å². The van der Waals surface area contributed by atoms with Crippen molar-refractivity contribution in [3.05, 3.63) is 33.8 Å². The zero-order valence-electron chi connectivity index (χ0n) is 17.1. The molecule has 0 atom stereocenters. The first kappa shape index (κ1) is 21.0. The zero-order chi connectivity index (χ0) is 22.5. The van der Waals surface area contributed by atoms with E-state index in [1.807, 2.05) is 13.8 Å². The van der Waals surface area contributed by atoms with Crippen molar-refractivity contribution < 1.29 is 23.5 Å². The Kier molecular flexibility index (Phi) is 5.06. The maximum Gasteiger partial charge on any atom is 0.282 e. The van der Waals surface area contributed by atoms with Gasteiger partial charge in [-0.25, -0.2) is 8.78 Å². The molecule has 3 heterocycles. The highest BCUT2D eigenvalue weighted by Crippen LogP contribution is 2.27. The average molecular weight is 435 g/mol. The van der Waals surface area contributed by atoms with E-state index < -0.39 is 47.8 Å². The van der Waals surface area contributed by atoms with Crippen LogP contribution in [-0.4, -0.2) is 61.1 Å². The summed E-state index contributed by atoms with van der Waals surface area (Å²) in [6, 6.07) is -0.00319. The van der Waals surface area contributed by atoms with E-state index in [-0.39, 0.29) is 24.2 Å². The van der Waals surface area contributed by atoms with Crippen LogP contribution in [0.15, 0.2) is 17.1 Å². The Balaban J connectivity index is 1.74. The fourth-order valence-electron chi connectivity index (χ4n) is 3.48. The highest BCUT2D eigenvalue weighted by Gasteiger charge is 2.45. The van der Waals surface area contributed by atoms with Gasteiger partial charge in [0.2, 0.25) is 11.8 Å². The van der Waals surface area contributed by atoms with Crippen LogP contribution in [0.5, 0.6) is 5.88 Å². The summed E-state index contributed by atoms with van der Waals surface area (Å²) in [5.41, 5.74) is -0.515. The van der Waals surface area contributed by atoms with Gasteiger partial charge in [-0.05, 0) is 24.8 Å². The van der Waals surface area contributed by atoms with Crippen LogP contribution in [-0.2, 0) is 11.3 Å². The van der Waals surface area contributed by atoms with Crippen molar-refractivity contribution in [2.24, 2.45) is 5.92 Å². The molecule has 1 saturated heterocycles. The van der Waals surface area contributed by atoms with Crippen LogP contribution in [0.1, 0.15) is 42.6 Å². The van der Waals surface area contributed by atoms with E-state index in [4.69, 9.17) is 0 Å². The SMILES string of the molecule is CC(C)Cn1c(=O)c(C(=O)NC2CC2)c(O)n2ncc(C=CC(=O)N3CC(F)(F)C3)c12. The molecule has 0 bridgehead atoms. The lowest BCUT2D eigenvalue weighted by atomic mass is 10.1. The highest BCUT2D eigenvalue weighted by molar-refractivity contribution is 5.97. The van der Waals surface area contributed by atoms with Crippen LogP contribution in [0.25, 0.3) is 11.7 Å². The number of nitrogens with one attached hydrogen (secondary N) is 1. The summed E-state index contributed by atoms with van der Waals surface area (Å²) in [6.45, 7) is 2.75. The molecule has 2 fully saturated rings. The van der Waals surface area contributed by atoms with Gasteiger partial charge in [0.15, 0.2) is 5.56 Å². The minimum absolute atomic E-state index is 0.00319. The third-order valence-corrected chi connectivity index (χ3v) is 5.16. The minimum atomic E-state index is -2.87. The van der Waals surface area contributed by atoms with Crippen molar-refractivity contribution in [3.63, 3.8) is 0 Å². The lowest BCUT2D eigenvalue weighted by molar-refractivity contribution is -0.160. The summed E-state index contributed by atoms with van der Waals surface area (Å²) < 4.78 is 28.4. The second-order valence-corrected chi connectivity index (χ2v) is 8.47. The molecule has 0 aromatic carbocycles. The first-order valence-electron chi connectivity index (χ1n) is 10.1. The molecular formula is C20H23F2N5O4. The number of aromatic nitrogens is 3. The Bertz CT molecular complexity index is 1140. The van der Waals surface area contributed by atoms with Gasteiger partial charge in [0.25, 0.3) is 17.4 Å². The number of aromatic hydroxyl groups is 1. The Morgan fingerprint density at radius 2 is 2.03 bits per heavy atom. The number of hydrogen-bond donors (Lipinski definition) is 2. The van der Waals surface area contributed by atoms with Gasteiger partial charge in [-0.2, -0.15) is 9.61 Å². The first-order valence-corrected chi connectivity index (χ1v) is 10.1.